The van der Waals surface area contributed by atoms with Crippen molar-refractivity contribution >= 4 is 12.4 Å². The maximum absolute atomic E-state index is 5.57. The molecule has 1 aromatic rings. The van der Waals surface area contributed by atoms with Crippen molar-refractivity contribution < 1.29 is 4.74 Å². The summed E-state index contributed by atoms with van der Waals surface area (Å²) in [4.78, 5) is 0. The molecule has 3 heteroatoms. The molecule has 0 radical (unpaired) electrons. The minimum atomic E-state index is 0. The van der Waals surface area contributed by atoms with E-state index in [9.17, 15) is 0 Å². The standard InChI is InChI=1S/C11H15NO.ClH/c1-12-8-9-6-7-13-11-5-3-2-4-10(9)11;/h2-5,9,12H,6-8H2,1H3;1H. The van der Waals surface area contributed by atoms with Gasteiger partial charge in [-0.05, 0) is 25.1 Å². The third-order valence-electron chi connectivity index (χ3n) is 2.53. The van der Waals surface area contributed by atoms with Gasteiger partial charge >= 0.3 is 0 Å². The Labute approximate surface area is 91.1 Å². The van der Waals surface area contributed by atoms with Gasteiger partial charge in [0.2, 0.25) is 0 Å². The van der Waals surface area contributed by atoms with Crippen LogP contribution in [-0.4, -0.2) is 20.2 Å². The summed E-state index contributed by atoms with van der Waals surface area (Å²) >= 11 is 0. The second-order valence-corrected chi connectivity index (χ2v) is 3.43. The Kier molecular flexibility index (Phi) is 4.23. The maximum atomic E-state index is 5.57. The third-order valence-corrected chi connectivity index (χ3v) is 2.53. The fourth-order valence-electron chi connectivity index (χ4n) is 1.87. The van der Waals surface area contributed by atoms with Crippen LogP contribution in [0.3, 0.4) is 0 Å². The van der Waals surface area contributed by atoms with Crippen LogP contribution in [0.5, 0.6) is 5.75 Å². The van der Waals surface area contributed by atoms with Gasteiger partial charge in [0, 0.05) is 12.5 Å². The highest BCUT2D eigenvalue weighted by molar-refractivity contribution is 5.85. The Bertz CT molecular complexity index is 290. The largest absolute Gasteiger partial charge is 0.493 e. The molecule has 0 amide bonds. The Hall–Kier alpha value is -0.730. The molecule has 78 valence electrons. The summed E-state index contributed by atoms with van der Waals surface area (Å²) in [7, 11) is 2.00. The summed E-state index contributed by atoms with van der Waals surface area (Å²) in [5.74, 6) is 1.68. The minimum absolute atomic E-state index is 0. The van der Waals surface area contributed by atoms with Gasteiger partial charge in [0.15, 0.2) is 0 Å². The van der Waals surface area contributed by atoms with E-state index >= 15 is 0 Å². The number of para-hydroxylation sites is 1. The molecule has 0 bridgehead atoms. The summed E-state index contributed by atoms with van der Waals surface area (Å²) < 4.78 is 5.57. The Morgan fingerprint density at radius 1 is 1.43 bits per heavy atom. The Morgan fingerprint density at radius 3 is 3.00 bits per heavy atom. The molecule has 2 rings (SSSR count). The van der Waals surface area contributed by atoms with Gasteiger partial charge < -0.3 is 10.1 Å². The van der Waals surface area contributed by atoms with E-state index in [1.54, 1.807) is 0 Å². The molecule has 0 spiro atoms. The lowest BCUT2D eigenvalue weighted by molar-refractivity contribution is 0.266. The first kappa shape index (κ1) is 11.3. The lowest BCUT2D eigenvalue weighted by Gasteiger charge is -2.25. The number of benzene rings is 1. The van der Waals surface area contributed by atoms with Gasteiger partial charge in [0.25, 0.3) is 0 Å². The SMILES string of the molecule is CNCC1CCOc2ccccc21.Cl. The lowest BCUT2D eigenvalue weighted by Crippen LogP contribution is -2.23. The molecule has 1 aliphatic heterocycles. The van der Waals surface area contributed by atoms with Crippen LogP contribution in [0.1, 0.15) is 17.9 Å². The Balaban J connectivity index is 0.000000980. The molecule has 1 aliphatic rings. The number of hydrogen-bond donors (Lipinski definition) is 1. The van der Waals surface area contributed by atoms with Crippen LogP contribution in [-0.2, 0) is 0 Å². The van der Waals surface area contributed by atoms with E-state index < -0.39 is 0 Å². The van der Waals surface area contributed by atoms with E-state index in [4.69, 9.17) is 4.74 Å². The quantitative estimate of drug-likeness (QED) is 0.814. The molecular weight excluding hydrogens is 198 g/mol. The van der Waals surface area contributed by atoms with Crippen molar-refractivity contribution in [3.8, 4) is 5.75 Å². The number of hydrogen-bond acceptors (Lipinski definition) is 2. The number of nitrogens with one attached hydrogen (secondary N) is 1. The molecule has 2 nitrogen and oxygen atoms in total. The molecule has 14 heavy (non-hydrogen) atoms. The molecule has 0 aromatic heterocycles. The van der Waals surface area contributed by atoms with E-state index in [-0.39, 0.29) is 12.4 Å². The molecule has 0 aliphatic carbocycles. The summed E-state index contributed by atoms with van der Waals surface area (Å²) in [6, 6.07) is 8.32. The molecule has 0 saturated heterocycles. The van der Waals surface area contributed by atoms with E-state index in [0.717, 1.165) is 25.3 Å². The van der Waals surface area contributed by atoms with Gasteiger partial charge in [-0.2, -0.15) is 0 Å². The molecule has 0 fully saturated rings. The zero-order valence-electron chi connectivity index (χ0n) is 8.32. The van der Waals surface area contributed by atoms with Crippen LogP contribution in [0.2, 0.25) is 0 Å². The average molecular weight is 214 g/mol. The molecule has 1 aromatic carbocycles. The first-order valence-electron chi connectivity index (χ1n) is 4.78. The van der Waals surface area contributed by atoms with Crippen molar-refractivity contribution in [1.29, 1.82) is 0 Å². The fraction of sp³-hybridized carbons (Fsp3) is 0.455. The molecule has 0 saturated carbocycles. The second kappa shape index (κ2) is 5.23. The zero-order valence-corrected chi connectivity index (χ0v) is 9.14. The van der Waals surface area contributed by atoms with Gasteiger partial charge in [-0.3, -0.25) is 0 Å². The third kappa shape index (κ3) is 2.20. The summed E-state index contributed by atoms with van der Waals surface area (Å²) in [5, 5.41) is 3.22. The zero-order chi connectivity index (χ0) is 9.10. The molecule has 1 unspecified atom stereocenters. The van der Waals surface area contributed by atoms with E-state index in [1.165, 1.54) is 5.56 Å². The van der Waals surface area contributed by atoms with E-state index in [1.807, 2.05) is 13.1 Å². The summed E-state index contributed by atoms with van der Waals surface area (Å²) in [5.41, 5.74) is 1.35. The second-order valence-electron chi connectivity index (χ2n) is 3.43. The highest BCUT2D eigenvalue weighted by atomic mass is 35.5. The molecule has 1 heterocycles. The lowest BCUT2D eigenvalue weighted by atomic mass is 9.93. The van der Waals surface area contributed by atoms with Crippen LogP contribution in [0.4, 0.5) is 0 Å². The van der Waals surface area contributed by atoms with E-state index in [0.29, 0.717) is 5.92 Å². The maximum Gasteiger partial charge on any atom is 0.122 e. The first-order valence-corrected chi connectivity index (χ1v) is 4.78. The molecule has 1 N–H and O–H groups in total. The number of ether oxygens (including phenoxy) is 1. The predicted octanol–water partition coefficient (Wildman–Crippen LogP) is 2.19. The van der Waals surface area contributed by atoms with E-state index in [2.05, 4.69) is 23.5 Å². The van der Waals surface area contributed by atoms with Crippen molar-refractivity contribution in [1.82, 2.24) is 5.32 Å². The van der Waals surface area contributed by atoms with Crippen LogP contribution in [0, 0.1) is 0 Å². The molecular formula is C11H16ClNO. The highest BCUT2D eigenvalue weighted by Crippen LogP contribution is 2.32. The topological polar surface area (TPSA) is 21.3 Å². The monoisotopic (exact) mass is 213 g/mol. The highest BCUT2D eigenvalue weighted by Gasteiger charge is 2.19. The number of fused-ring (bicyclic) bond motifs is 1. The van der Waals surface area contributed by atoms with Crippen LogP contribution >= 0.6 is 12.4 Å². The van der Waals surface area contributed by atoms with Crippen molar-refractivity contribution in [2.75, 3.05) is 20.2 Å². The van der Waals surface area contributed by atoms with Crippen molar-refractivity contribution in [2.24, 2.45) is 0 Å². The van der Waals surface area contributed by atoms with Crippen molar-refractivity contribution in [3.63, 3.8) is 0 Å². The van der Waals surface area contributed by atoms with Gasteiger partial charge in [-0.25, -0.2) is 0 Å². The Morgan fingerprint density at radius 2 is 2.21 bits per heavy atom. The van der Waals surface area contributed by atoms with Crippen molar-refractivity contribution in [2.45, 2.75) is 12.3 Å². The van der Waals surface area contributed by atoms with Gasteiger partial charge in [0.05, 0.1) is 6.61 Å². The molecule has 1 atom stereocenters. The van der Waals surface area contributed by atoms with Gasteiger partial charge in [-0.1, -0.05) is 18.2 Å². The van der Waals surface area contributed by atoms with Crippen molar-refractivity contribution in [3.05, 3.63) is 29.8 Å². The number of rotatable bonds is 2. The average Bonchev–Trinajstić information content (AvgIpc) is 2.19. The summed E-state index contributed by atoms with van der Waals surface area (Å²) in [6.45, 7) is 1.89. The van der Waals surface area contributed by atoms with Gasteiger partial charge in [-0.15, -0.1) is 12.4 Å². The predicted molar refractivity (Wildman–Crippen MR) is 60.5 cm³/mol. The van der Waals surface area contributed by atoms with Crippen LogP contribution in [0.15, 0.2) is 24.3 Å². The van der Waals surface area contributed by atoms with Crippen LogP contribution < -0.4 is 10.1 Å². The number of halogens is 1. The normalized spacial score (nSPS) is 19.1. The minimum Gasteiger partial charge on any atom is -0.493 e. The summed E-state index contributed by atoms with van der Waals surface area (Å²) in [6.07, 6.45) is 1.12. The van der Waals surface area contributed by atoms with Crippen LogP contribution in [0.25, 0.3) is 0 Å². The number of likely N-dealkylation sites (N-methyl/N-ethyl adjacent to an activating group) is 1. The smallest absolute Gasteiger partial charge is 0.122 e. The first-order chi connectivity index (χ1) is 6.42. The fourth-order valence-corrected chi connectivity index (χ4v) is 1.87. The van der Waals surface area contributed by atoms with Gasteiger partial charge in [0.1, 0.15) is 5.75 Å².